The van der Waals surface area contributed by atoms with Crippen molar-refractivity contribution >= 4 is 5.97 Å². The lowest BCUT2D eigenvalue weighted by Gasteiger charge is -2.17. The maximum absolute atomic E-state index is 11.3. The summed E-state index contributed by atoms with van der Waals surface area (Å²) in [5.74, 6) is 0.334. The molecule has 21 heavy (non-hydrogen) atoms. The van der Waals surface area contributed by atoms with Crippen molar-refractivity contribution in [1.29, 1.82) is 0 Å². The average Bonchev–Trinajstić information content (AvgIpc) is 2.49. The van der Waals surface area contributed by atoms with Crippen molar-refractivity contribution in [1.82, 2.24) is 0 Å². The number of aromatic carboxylic acids is 1. The molecule has 110 valence electrons. The molecule has 0 aliphatic carbocycles. The largest absolute Gasteiger partial charge is 0.478 e. The van der Waals surface area contributed by atoms with E-state index in [1.807, 2.05) is 37.3 Å². The van der Waals surface area contributed by atoms with Crippen LogP contribution in [0.4, 0.5) is 0 Å². The SMILES string of the molecule is CCC(OC)c1cc(Oc2ccccc2)ccc1C(=O)O. The zero-order valence-corrected chi connectivity index (χ0v) is 12.1. The molecule has 0 saturated heterocycles. The Labute approximate surface area is 123 Å². The summed E-state index contributed by atoms with van der Waals surface area (Å²) >= 11 is 0. The summed E-state index contributed by atoms with van der Waals surface area (Å²) < 4.78 is 11.1. The molecule has 2 rings (SSSR count). The summed E-state index contributed by atoms with van der Waals surface area (Å²) in [6.07, 6.45) is 0.418. The molecule has 0 aliphatic heterocycles. The van der Waals surface area contributed by atoms with Gasteiger partial charge in [-0.25, -0.2) is 4.79 Å². The van der Waals surface area contributed by atoms with Gasteiger partial charge in [0.05, 0.1) is 11.7 Å². The van der Waals surface area contributed by atoms with Crippen molar-refractivity contribution in [3.8, 4) is 11.5 Å². The van der Waals surface area contributed by atoms with E-state index in [-0.39, 0.29) is 11.7 Å². The van der Waals surface area contributed by atoms with Crippen LogP contribution in [0, 0.1) is 0 Å². The van der Waals surface area contributed by atoms with Crippen molar-refractivity contribution in [2.75, 3.05) is 7.11 Å². The number of methoxy groups -OCH3 is 1. The summed E-state index contributed by atoms with van der Waals surface area (Å²) in [5.41, 5.74) is 0.866. The Bertz CT molecular complexity index is 603. The first-order valence-electron chi connectivity index (χ1n) is 6.78. The molecule has 2 aromatic carbocycles. The first-order chi connectivity index (χ1) is 10.2. The van der Waals surface area contributed by atoms with Crippen LogP contribution in [0.15, 0.2) is 48.5 Å². The Morgan fingerprint density at radius 2 is 1.86 bits per heavy atom. The number of carbonyl (C=O) groups is 1. The molecule has 0 spiro atoms. The quantitative estimate of drug-likeness (QED) is 0.861. The molecule has 0 bridgehead atoms. The summed E-state index contributed by atoms with van der Waals surface area (Å²) in [5, 5.41) is 9.29. The monoisotopic (exact) mass is 286 g/mol. The molecule has 0 amide bonds. The normalized spacial score (nSPS) is 11.9. The number of hydrogen-bond acceptors (Lipinski definition) is 3. The number of carboxylic acid groups (broad SMARTS) is 1. The lowest BCUT2D eigenvalue weighted by molar-refractivity contribution is 0.0675. The molecule has 0 saturated carbocycles. The molecular weight excluding hydrogens is 268 g/mol. The number of ether oxygens (including phenoxy) is 2. The summed E-state index contributed by atoms with van der Waals surface area (Å²) in [6.45, 7) is 1.95. The van der Waals surface area contributed by atoms with Crippen LogP contribution in [-0.2, 0) is 4.74 Å². The second kappa shape index (κ2) is 6.90. The number of para-hydroxylation sites is 1. The van der Waals surface area contributed by atoms with E-state index in [0.717, 1.165) is 0 Å². The maximum atomic E-state index is 11.3. The van der Waals surface area contributed by atoms with Gasteiger partial charge in [-0.05, 0) is 42.3 Å². The van der Waals surface area contributed by atoms with Gasteiger partial charge in [0.25, 0.3) is 0 Å². The Morgan fingerprint density at radius 1 is 1.14 bits per heavy atom. The lowest BCUT2D eigenvalue weighted by Crippen LogP contribution is -2.08. The van der Waals surface area contributed by atoms with E-state index in [0.29, 0.717) is 23.5 Å². The van der Waals surface area contributed by atoms with E-state index in [2.05, 4.69) is 0 Å². The third kappa shape index (κ3) is 3.61. The van der Waals surface area contributed by atoms with Crippen molar-refractivity contribution in [3.05, 3.63) is 59.7 Å². The Balaban J connectivity index is 2.36. The Kier molecular flexibility index (Phi) is 4.95. The zero-order chi connectivity index (χ0) is 15.2. The Hall–Kier alpha value is -2.33. The minimum Gasteiger partial charge on any atom is -0.478 e. The Morgan fingerprint density at radius 3 is 2.43 bits per heavy atom. The number of carboxylic acids is 1. The summed E-state index contributed by atoms with van der Waals surface area (Å²) in [6, 6.07) is 14.3. The van der Waals surface area contributed by atoms with Gasteiger partial charge in [0.2, 0.25) is 0 Å². The topological polar surface area (TPSA) is 55.8 Å². The van der Waals surface area contributed by atoms with Crippen LogP contribution in [0.3, 0.4) is 0 Å². The van der Waals surface area contributed by atoms with E-state index in [4.69, 9.17) is 9.47 Å². The van der Waals surface area contributed by atoms with E-state index in [1.54, 1.807) is 25.3 Å². The van der Waals surface area contributed by atoms with Crippen LogP contribution < -0.4 is 4.74 Å². The molecule has 0 aliphatic rings. The van der Waals surface area contributed by atoms with Crippen LogP contribution in [0.5, 0.6) is 11.5 Å². The van der Waals surface area contributed by atoms with Crippen molar-refractivity contribution in [3.63, 3.8) is 0 Å². The first kappa shape index (κ1) is 15.1. The van der Waals surface area contributed by atoms with E-state index < -0.39 is 5.97 Å². The van der Waals surface area contributed by atoms with Gasteiger partial charge in [-0.2, -0.15) is 0 Å². The van der Waals surface area contributed by atoms with Crippen LogP contribution in [0.1, 0.15) is 35.4 Å². The molecule has 2 aromatic rings. The highest BCUT2D eigenvalue weighted by Gasteiger charge is 2.18. The molecular formula is C17H18O4. The third-order valence-corrected chi connectivity index (χ3v) is 3.23. The third-order valence-electron chi connectivity index (χ3n) is 3.23. The second-order valence-electron chi connectivity index (χ2n) is 4.60. The first-order valence-corrected chi connectivity index (χ1v) is 6.78. The molecule has 0 aromatic heterocycles. The van der Waals surface area contributed by atoms with E-state index >= 15 is 0 Å². The number of benzene rings is 2. The lowest BCUT2D eigenvalue weighted by atomic mass is 10.00. The highest BCUT2D eigenvalue weighted by molar-refractivity contribution is 5.89. The minimum atomic E-state index is -0.966. The summed E-state index contributed by atoms with van der Waals surface area (Å²) in [4.78, 5) is 11.3. The molecule has 1 atom stereocenters. The van der Waals surface area contributed by atoms with Crippen molar-refractivity contribution in [2.24, 2.45) is 0 Å². The van der Waals surface area contributed by atoms with Gasteiger partial charge in [-0.15, -0.1) is 0 Å². The highest BCUT2D eigenvalue weighted by atomic mass is 16.5. The van der Waals surface area contributed by atoms with Crippen LogP contribution >= 0.6 is 0 Å². The molecule has 4 heteroatoms. The minimum absolute atomic E-state index is 0.240. The molecule has 1 N–H and O–H groups in total. The number of rotatable bonds is 6. The fourth-order valence-corrected chi connectivity index (χ4v) is 2.20. The van der Waals surface area contributed by atoms with Gasteiger partial charge in [0.15, 0.2) is 0 Å². The smallest absolute Gasteiger partial charge is 0.336 e. The fraction of sp³-hybridized carbons (Fsp3) is 0.235. The van der Waals surface area contributed by atoms with Crippen LogP contribution in [0.2, 0.25) is 0 Å². The van der Waals surface area contributed by atoms with Crippen LogP contribution in [-0.4, -0.2) is 18.2 Å². The zero-order valence-electron chi connectivity index (χ0n) is 12.1. The van der Waals surface area contributed by atoms with Gasteiger partial charge in [-0.3, -0.25) is 0 Å². The van der Waals surface area contributed by atoms with Gasteiger partial charge >= 0.3 is 5.97 Å². The standard InChI is InChI=1S/C17H18O4/c1-3-16(20-2)15-11-13(9-10-14(15)17(18)19)21-12-7-5-4-6-8-12/h4-11,16H,3H2,1-2H3,(H,18,19). The van der Waals surface area contributed by atoms with E-state index in [1.165, 1.54) is 0 Å². The molecule has 4 nitrogen and oxygen atoms in total. The van der Waals surface area contributed by atoms with Gasteiger partial charge in [-0.1, -0.05) is 25.1 Å². The van der Waals surface area contributed by atoms with Gasteiger partial charge in [0, 0.05) is 7.11 Å². The van der Waals surface area contributed by atoms with Crippen LogP contribution in [0.25, 0.3) is 0 Å². The molecule has 0 heterocycles. The highest BCUT2D eigenvalue weighted by Crippen LogP contribution is 2.30. The fourth-order valence-electron chi connectivity index (χ4n) is 2.20. The van der Waals surface area contributed by atoms with E-state index in [9.17, 15) is 9.90 Å². The predicted octanol–water partition coefficient (Wildman–Crippen LogP) is 4.27. The second-order valence-corrected chi connectivity index (χ2v) is 4.60. The average molecular weight is 286 g/mol. The van der Waals surface area contributed by atoms with Gasteiger partial charge < -0.3 is 14.6 Å². The maximum Gasteiger partial charge on any atom is 0.336 e. The molecule has 0 radical (unpaired) electrons. The molecule has 0 fully saturated rings. The number of hydrogen-bond donors (Lipinski definition) is 1. The van der Waals surface area contributed by atoms with Crippen molar-refractivity contribution in [2.45, 2.75) is 19.4 Å². The van der Waals surface area contributed by atoms with Crippen molar-refractivity contribution < 1.29 is 19.4 Å². The predicted molar refractivity (Wildman–Crippen MR) is 80.0 cm³/mol. The molecule has 1 unspecified atom stereocenters. The summed E-state index contributed by atoms with van der Waals surface area (Å²) in [7, 11) is 1.57. The van der Waals surface area contributed by atoms with Gasteiger partial charge in [0.1, 0.15) is 11.5 Å².